The lowest BCUT2D eigenvalue weighted by molar-refractivity contribution is 0.101. The summed E-state index contributed by atoms with van der Waals surface area (Å²) in [6.07, 6.45) is 1.38. The molecular formula is C20H19ClN2O5S2. The van der Waals surface area contributed by atoms with Gasteiger partial charge in [0, 0.05) is 18.8 Å². The van der Waals surface area contributed by atoms with Gasteiger partial charge in [-0.1, -0.05) is 42.8 Å². The van der Waals surface area contributed by atoms with Gasteiger partial charge in [-0.25, -0.2) is 21.8 Å². The number of imidazole rings is 1. The molecule has 2 aromatic carbocycles. The molecule has 0 saturated heterocycles. The number of halogens is 1. The fraction of sp³-hybridized carbons (Fsp3) is 0.200. The van der Waals surface area contributed by atoms with Crippen molar-refractivity contribution in [1.29, 1.82) is 0 Å². The molecule has 0 atom stereocenters. The predicted octanol–water partition coefficient (Wildman–Crippen LogP) is 3.19. The average Bonchev–Trinajstić information content (AvgIpc) is 3.09. The molecule has 30 heavy (non-hydrogen) atoms. The quantitative estimate of drug-likeness (QED) is 0.495. The minimum absolute atomic E-state index is 0.0331. The minimum Gasteiger partial charge on any atom is -0.333 e. The smallest absolute Gasteiger partial charge is 0.198 e. The van der Waals surface area contributed by atoms with E-state index >= 15 is 0 Å². The molecule has 0 fully saturated rings. The number of nitrogens with zero attached hydrogens (tertiary/aromatic N) is 2. The maximum absolute atomic E-state index is 12.7. The van der Waals surface area contributed by atoms with Crippen molar-refractivity contribution in [3.8, 4) is 11.4 Å². The van der Waals surface area contributed by atoms with Gasteiger partial charge in [0.2, 0.25) is 0 Å². The van der Waals surface area contributed by atoms with Gasteiger partial charge in [-0.15, -0.1) is 0 Å². The van der Waals surface area contributed by atoms with Crippen molar-refractivity contribution in [3.05, 3.63) is 65.4 Å². The Morgan fingerprint density at radius 1 is 0.967 bits per heavy atom. The third kappa shape index (κ3) is 4.33. The number of ketones is 1. The third-order valence-electron chi connectivity index (χ3n) is 4.50. The fourth-order valence-corrected chi connectivity index (χ4v) is 5.83. The molecule has 0 amide bonds. The van der Waals surface area contributed by atoms with Gasteiger partial charge < -0.3 is 4.57 Å². The van der Waals surface area contributed by atoms with Crippen LogP contribution in [0.5, 0.6) is 0 Å². The number of benzene rings is 2. The second-order valence-corrected chi connectivity index (χ2v) is 11.2. The van der Waals surface area contributed by atoms with E-state index in [1.165, 1.54) is 35.0 Å². The van der Waals surface area contributed by atoms with E-state index in [-0.39, 0.29) is 32.1 Å². The zero-order valence-electron chi connectivity index (χ0n) is 16.2. The summed E-state index contributed by atoms with van der Waals surface area (Å²) in [6.45, 7) is 1.54. The zero-order chi connectivity index (χ0) is 22.1. The van der Waals surface area contributed by atoms with Gasteiger partial charge in [-0.2, -0.15) is 0 Å². The van der Waals surface area contributed by atoms with Crippen molar-refractivity contribution in [3.63, 3.8) is 0 Å². The number of rotatable bonds is 7. The number of aryl methyl sites for hydroxylation is 1. The molecule has 3 aromatic rings. The summed E-state index contributed by atoms with van der Waals surface area (Å²) in [5.41, 5.74) is 0.265. The maximum atomic E-state index is 12.7. The largest absolute Gasteiger partial charge is 0.333 e. The lowest BCUT2D eigenvalue weighted by Gasteiger charge is -2.08. The van der Waals surface area contributed by atoms with Gasteiger partial charge in [0.25, 0.3) is 0 Å². The van der Waals surface area contributed by atoms with Gasteiger partial charge in [-0.05, 0) is 24.3 Å². The number of carbonyl (C=O) groups is 1. The molecule has 1 heterocycles. The molecular weight excluding hydrogens is 448 g/mol. The van der Waals surface area contributed by atoms with Crippen LogP contribution in [0.1, 0.15) is 17.4 Å². The topological polar surface area (TPSA) is 103 Å². The van der Waals surface area contributed by atoms with E-state index in [1.807, 2.05) is 0 Å². The normalized spacial score (nSPS) is 12.1. The van der Waals surface area contributed by atoms with E-state index in [0.717, 1.165) is 0 Å². The Hall–Kier alpha value is -2.49. The Balaban J connectivity index is 1.99. The van der Waals surface area contributed by atoms with E-state index in [0.29, 0.717) is 5.56 Å². The lowest BCUT2D eigenvalue weighted by atomic mass is 10.2. The standard InChI is InChI=1S/C20H19ClN2O5S2/c1-3-29(25,26)18-10-6-4-8-14(18)20-22-16(12-23(20)2)17(24)13-30(27,28)19-11-7-5-9-15(19)21/h4-12H,3,13H2,1-2H3. The number of sulfone groups is 2. The first-order chi connectivity index (χ1) is 14.1. The fourth-order valence-electron chi connectivity index (χ4n) is 2.95. The zero-order valence-corrected chi connectivity index (χ0v) is 18.6. The summed E-state index contributed by atoms with van der Waals surface area (Å²) in [7, 11) is -5.88. The van der Waals surface area contributed by atoms with Crippen molar-refractivity contribution in [2.75, 3.05) is 11.5 Å². The van der Waals surface area contributed by atoms with Crippen molar-refractivity contribution in [2.45, 2.75) is 16.7 Å². The summed E-state index contributed by atoms with van der Waals surface area (Å²) in [6, 6.07) is 12.2. The van der Waals surface area contributed by atoms with Crippen LogP contribution in [-0.4, -0.2) is 43.7 Å². The van der Waals surface area contributed by atoms with Crippen molar-refractivity contribution >= 4 is 37.1 Å². The van der Waals surface area contributed by atoms with Crippen molar-refractivity contribution < 1.29 is 21.6 Å². The molecule has 0 unspecified atom stereocenters. The van der Waals surface area contributed by atoms with Crippen LogP contribution in [-0.2, 0) is 26.7 Å². The molecule has 0 spiro atoms. The molecule has 0 N–H and O–H groups in total. The molecule has 0 bridgehead atoms. The van der Waals surface area contributed by atoms with Crippen LogP contribution in [0.15, 0.2) is 64.5 Å². The summed E-state index contributed by atoms with van der Waals surface area (Å²) < 4.78 is 51.6. The Labute approximate surface area is 180 Å². The summed E-state index contributed by atoms with van der Waals surface area (Å²) in [4.78, 5) is 16.9. The summed E-state index contributed by atoms with van der Waals surface area (Å²) in [5, 5.41) is 0.0331. The lowest BCUT2D eigenvalue weighted by Crippen LogP contribution is -2.17. The third-order valence-corrected chi connectivity index (χ3v) is 8.39. The molecule has 1 aromatic heterocycles. The summed E-state index contributed by atoms with van der Waals surface area (Å²) >= 11 is 5.95. The van der Waals surface area contributed by atoms with Crippen LogP contribution in [0.3, 0.4) is 0 Å². The first kappa shape index (κ1) is 22.2. The van der Waals surface area contributed by atoms with Crippen LogP contribution >= 0.6 is 11.6 Å². The van der Waals surface area contributed by atoms with Crippen molar-refractivity contribution in [1.82, 2.24) is 9.55 Å². The van der Waals surface area contributed by atoms with E-state index in [2.05, 4.69) is 4.98 Å². The molecule has 3 rings (SSSR count). The molecule has 158 valence electrons. The van der Waals surface area contributed by atoms with Gasteiger partial charge in [0.15, 0.2) is 25.5 Å². The van der Waals surface area contributed by atoms with Gasteiger partial charge in [0.05, 0.1) is 20.6 Å². The van der Waals surface area contributed by atoms with Crippen LogP contribution in [0.25, 0.3) is 11.4 Å². The highest BCUT2D eigenvalue weighted by Crippen LogP contribution is 2.28. The van der Waals surface area contributed by atoms with Gasteiger partial charge in [0.1, 0.15) is 17.3 Å². The van der Waals surface area contributed by atoms with E-state index in [1.54, 1.807) is 38.2 Å². The highest BCUT2D eigenvalue weighted by molar-refractivity contribution is 7.92. The Morgan fingerprint density at radius 2 is 1.57 bits per heavy atom. The molecule has 0 aliphatic heterocycles. The number of hydrogen-bond acceptors (Lipinski definition) is 6. The second kappa shape index (κ2) is 8.33. The Kier molecular flexibility index (Phi) is 6.16. The van der Waals surface area contributed by atoms with E-state index < -0.39 is 31.2 Å². The average molecular weight is 467 g/mol. The summed E-state index contributed by atoms with van der Waals surface area (Å²) in [5.74, 6) is -1.35. The maximum Gasteiger partial charge on any atom is 0.198 e. The number of Topliss-reactive ketones (excluding diaryl/α,β-unsaturated/α-hetero) is 1. The first-order valence-corrected chi connectivity index (χ1v) is 12.6. The van der Waals surface area contributed by atoms with Crippen LogP contribution in [0.4, 0.5) is 0 Å². The monoisotopic (exact) mass is 466 g/mol. The predicted molar refractivity (Wildman–Crippen MR) is 114 cm³/mol. The second-order valence-electron chi connectivity index (χ2n) is 6.57. The minimum atomic E-state index is -3.97. The molecule has 0 radical (unpaired) electrons. The van der Waals surface area contributed by atoms with Crippen LogP contribution in [0, 0.1) is 0 Å². The molecule has 10 heteroatoms. The van der Waals surface area contributed by atoms with E-state index in [4.69, 9.17) is 11.6 Å². The molecule has 0 aliphatic rings. The Bertz CT molecular complexity index is 1330. The number of hydrogen-bond donors (Lipinski definition) is 0. The molecule has 7 nitrogen and oxygen atoms in total. The Morgan fingerprint density at radius 3 is 2.20 bits per heavy atom. The molecule has 0 saturated carbocycles. The van der Waals surface area contributed by atoms with Gasteiger partial charge in [-0.3, -0.25) is 4.79 Å². The van der Waals surface area contributed by atoms with Crippen LogP contribution < -0.4 is 0 Å². The van der Waals surface area contributed by atoms with Crippen molar-refractivity contribution in [2.24, 2.45) is 7.05 Å². The number of aromatic nitrogens is 2. The number of carbonyl (C=O) groups excluding carboxylic acids is 1. The highest BCUT2D eigenvalue weighted by atomic mass is 35.5. The first-order valence-electron chi connectivity index (χ1n) is 8.93. The highest BCUT2D eigenvalue weighted by Gasteiger charge is 2.26. The SMILES string of the molecule is CCS(=O)(=O)c1ccccc1-c1nc(C(=O)CS(=O)(=O)c2ccccc2Cl)cn1C. The van der Waals surface area contributed by atoms with Crippen LogP contribution in [0.2, 0.25) is 5.02 Å². The van der Waals surface area contributed by atoms with Gasteiger partial charge >= 0.3 is 0 Å². The van der Waals surface area contributed by atoms with E-state index in [9.17, 15) is 21.6 Å². The molecule has 0 aliphatic carbocycles.